The van der Waals surface area contributed by atoms with Gasteiger partial charge in [0.25, 0.3) is 0 Å². The summed E-state index contributed by atoms with van der Waals surface area (Å²) in [4.78, 5) is 0. The van der Waals surface area contributed by atoms with Crippen molar-refractivity contribution >= 4 is 75.8 Å². The lowest BCUT2D eigenvalue weighted by Gasteiger charge is -2.20. The van der Waals surface area contributed by atoms with Crippen LogP contribution in [-0.4, -0.2) is 0 Å². The van der Waals surface area contributed by atoms with Crippen molar-refractivity contribution in [3.63, 3.8) is 0 Å². The van der Waals surface area contributed by atoms with E-state index in [1.807, 2.05) is 0 Å². The molecular weight excluding hydrogens is 520 g/mol. The molecule has 1 aromatic heterocycles. The van der Waals surface area contributed by atoms with E-state index in [9.17, 15) is 0 Å². The van der Waals surface area contributed by atoms with Gasteiger partial charge in [0.05, 0.1) is 0 Å². The van der Waals surface area contributed by atoms with Crippen LogP contribution in [0.1, 0.15) is 0 Å². The third-order valence-electron chi connectivity index (χ3n) is 9.41. The predicted molar refractivity (Wildman–Crippen MR) is 183 cm³/mol. The Morgan fingerprint density at radius 2 is 0.767 bits per heavy atom. The average Bonchev–Trinajstić information content (AvgIpc) is 3.46. The summed E-state index contributed by atoms with van der Waals surface area (Å²) in [5, 5.41) is 15.0. The molecule has 0 aliphatic carbocycles. The van der Waals surface area contributed by atoms with Gasteiger partial charge in [0.1, 0.15) is 11.2 Å². The molecule has 0 atom stereocenters. The summed E-state index contributed by atoms with van der Waals surface area (Å²) in [6, 6.07) is 53.0. The second-order valence-corrected chi connectivity index (χ2v) is 11.6. The Hall–Kier alpha value is -5.66. The first-order valence-corrected chi connectivity index (χ1v) is 14.9. The van der Waals surface area contributed by atoms with Crippen LogP contribution in [0.3, 0.4) is 0 Å². The molecular formula is C42H24O. The maximum atomic E-state index is 6.47. The fourth-order valence-electron chi connectivity index (χ4n) is 7.71. The van der Waals surface area contributed by atoms with E-state index >= 15 is 0 Å². The van der Waals surface area contributed by atoms with Gasteiger partial charge in [-0.05, 0) is 88.9 Å². The third-order valence-corrected chi connectivity index (χ3v) is 9.41. The van der Waals surface area contributed by atoms with Crippen LogP contribution in [0.4, 0.5) is 0 Å². The number of furan rings is 1. The van der Waals surface area contributed by atoms with Crippen LogP contribution in [0.5, 0.6) is 0 Å². The Morgan fingerprint density at radius 1 is 0.279 bits per heavy atom. The zero-order valence-corrected chi connectivity index (χ0v) is 23.3. The van der Waals surface area contributed by atoms with Crippen molar-refractivity contribution in [2.24, 2.45) is 0 Å². The maximum absolute atomic E-state index is 6.47. The SMILES string of the molecule is c1ccc2c(-c3c4ccccc4c(-c4ccc5oc6cccc7c8ccccc8c4c5c67)c4ccccc34)cccc2c1. The molecule has 198 valence electrons. The first-order valence-electron chi connectivity index (χ1n) is 14.9. The number of fused-ring (bicyclic) bond motifs is 6. The lowest BCUT2D eigenvalue weighted by atomic mass is 9.82. The van der Waals surface area contributed by atoms with Crippen molar-refractivity contribution in [3.05, 3.63) is 146 Å². The summed E-state index contributed by atoms with van der Waals surface area (Å²) in [5.41, 5.74) is 6.96. The molecule has 0 aliphatic heterocycles. The maximum Gasteiger partial charge on any atom is 0.136 e. The van der Waals surface area contributed by atoms with Gasteiger partial charge in [0.2, 0.25) is 0 Å². The van der Waals surface area contributed by atoms with Crippen LogP contribution in [0.25, 0.3) is 98.1 Å². The Morgan fingerprint density at radius 3 is 1.49 bits per heavy atom. The summed E-state index contributed by atoms with van der Waals surface area (Å²) in [6.07, 6.45) is 0. The van der Waals surface area contributed by atoms with Crippen molar-refractivity contribution in [1.29, 1.82) is 0 Å². The molecule has 0 bridgehead atoms. The largest absolute Gasteiger partial charge is 0.456 e. The number of benzene rings is 9. The van der Waals surface area contributed by atoms with Crippen LogP contribution >= 0.6 is 0 Å². The molecule has 0 aliphatic rings. The van der Waals surface area contributed by atoms with E-state index < -0.39 is 0 Å². The second kappa shape index (κ2) is 8.44. The van der Waals surface area contributed by atoms with E-state index in [0.717, 1.165) is 11.2 Å². The van der Waals surface area contributed by atoms with Gasteiger partial charge in [0, 0.05) is 16.2 Å². The average molecular weight is 545 g/mol. The summed E-state index contributed by atoms with van der Waals surface area (Å²) < 4.78 is 6.47. The van der Waals surface area contributed by atoms with Crippen molar-refractivity contribution in [2.75, 3.05) is 0 Å². The van der Waals surface area contributed by atoms with Gasteiger partial charge in [-0.15, -0.1) is 0 Å². The first kappa shape index (κ1) is 23.0. The van der Waals surface area contributed by atoms with Crippen molar-refractivity contribution in [3.8, 4) is 22.3 Å². The van der Waals surface area contributed by atoms with Crippen molar-refractivity contribution < 1.29 is 4.42 Å². The smallest absolute Gasteiger partial charge is 0.136 e. The summed E-state index contributed by atoms with van der Waals surface area (Å²) in [5.74, 6) is 0. The zero-order valence-electron chi connectivity index (χ0n) is 23.3. The second-order valence-electron chi connectivity index (χ2n) is 11.6. The Balaban J connectivity index is 1.44. The molecule has 1 heteroatoms. The minimum atomic E-state index is 0.941. The van der Waals surface area contributed by atoms with Crippen LogP contribution < -0.4 is 0 Å². The van der Waals surface area contributed by atoms with Crippen LogP contribution in [0, 0.1) is 0 Å². The summed E-state index contributed by atoms with van der Waals surface area (Å²) >= 11 is 0. The molecule has 0 radical (unpaired) electrons. The fourth-order valence-corrected chi connectivity index (χ4v) is 7.71. The molecule has 0 amide bonds. The molecule has 0 N–H and O–H groups in total. The topological polar surface area (TPSA) is 13.1 Å². The van der Waals surface area contributed by atoms with Gasteiger partial charge >= 0.3 is 0 Å². The standard InChI is InChI=1S/C42H24O/c1-2-13-26-25(11-1)12-9-20-28(26)38-31-16-5-7-18-33(31)39(34-19-8-6-17-32(34)38)35-23-24-37-42-40(35)29-15-4-3-14-27(29)30-21-10-22-36(43-37)41(30)42/h1-24H. The van der Waals surface area contributed by atoms with Crippen LogP contribution in [0.2, 0.25) is 0 Å². The van der Waals surface area contributed by atoms with E-state index in [-0.39, 0.29) is 0 Å². The summed E-state index contributed by atoms with van der Waals surface area (Å²) in [7, 11) is 0. The number of hydrogen-bond acceptors (Lipinski definition) is 1. The highest BCUT2D eigenvalue weighted by Gasteiger charge is 2.23. The monoisotopic (exact) mass is 544 g/mol. The van der Waals surface area contributed by atoms with E-state index in [4.69, 9.17) is 4.42 Å². The van der Waals surface area contributed by atoms with Gasteiger partial charge in [-0.1, -0.05) is 127 Å². The molecule has 0 saturated heterocycles. The highest BCUT2D eigenvalue weighted by Crippen LogP contribution is 2.50. The quantitative estimate of drug-likeness (QED) is 0.156. The number of hydrogen-bond donors (Lipinski definition) is 0. The van der Waals surface area contributed by atoms with Gasteiger partial charge in [-0.3, -0.25) is 0 Å². The highest BCUT2D eigenvalue weighted by molar-refractivity contribution is 6.37. The molecule has 0 spiro atoms. The molecule has 10 rings (SSSR count). The zero-order chi connectivity index (χ0) is 28.1. The van der Waals surface area contributed by atoms with Gasteiger partial charge in [-0.25, -0.2) is 0 Å². The lowest BCUT2D eigenvalue weighted by molar-refractivity contribution is 0.669. The molecule has 10 aromatic rings. The fraction of sp³-hybridized carbons (Fsp3) is 0. The van der Waals surface area contributed by atoms with E-state index in [0.29, 0.717) is 0 Å². The molecule has 1 heterocycles. The highest BCUT2D eigenvalue weighted by atomic mass is 16.3. The molecule has 0 saturated carbocycles. The third kappa shape index (κ3) is 3.01. The molecule has 0 fully saturated rings. The lowest BCUT2D eigenvalue weighted by Crippen LogP contribution is -1.93. The summed E-state index contributed by atoms with van der Waals surface area (Å²) in [6.45, 7) is 0. The van der Waals surface area contributed by atoms with E-state index in [1.54, 1.807) is 0 Å². The van der Waals surface area contributed by atoms with Gasteiger partial charge < -0.3 is 4.42 Å². The first-order chi connectivity index (χ1) is 21.4. The molecule has 9 aromatic carbocycles. The van der Waals surface area contributed by atoms with E-state index in [1.165, 1.54) is 86.9 Å². The minimum absolute atomic E-state index is 0.941. The molecule has 0 unspecified atom stereocenters. The minimum Gasteiger partial charge on any atom is -0.456 e. The van der Waals surface area contributed by atoms with Crippen molar-refractivity contribution in [1.82, 2.24) is 0 Å². The van der Waals surface area contributed by atoms with Crippen LogP contribution in [-0.2, 0) is 0 Å². The van der Waals surface area contributed by atoms with Crippen LogP contribution in [0.15, 0.2) is 150 Å². The number of rotatable bonds is 2. The van der Waals surface area contributed by atoms with E-state index in [2.05, 4.69) is 146 Å². The van der Waals surface area contributed by atoms with Gasteiger partial charge in [0.15, 0.2) is 0 Å². The van der Waals surface area contributed by atoms with Crippen molar-refractivity contribution in [2.45, 2.75) is 0 Å². The van der Waals surface area contributed by atoms with Gasteiger partial charge in [-0.2, -0.15) is 0 Å². The molecule has 43 heavy (non-hydrogen) atoms. The normalized spacial score (nSPS) is 12.2. The Kier molecular flexibility index (Phi) is 4.51. The molecule has 1 nitrogen and oxygen atoms in total. The predicted octanol–water partition coefficient (Wildman–Crippen LogP) is 12.1. The Labute approximate surface area is 247 Å². The Bertz CT molecular complexity index is 2660.